The molecule has 1 aliphatic heterocycles. The number of carbonyl (C=O) groups is 1. The van der Waals surface area contributed by atoms with Crippen LogP contribution in [0.4, 0.5) is 5.69 Å². The highest BCUT2D eigenvalue weighted by molar-refractivity contribution is 7.92. The number of anilines is 1. The smallest absolute Gasteiger partial charge is 0.246 e. The molecule has 1 N–H and O–H groups in total. The van der Waals surface area contributed by atoms with Gasteiger partial charge < -0.3 is 4.90 Å². The van der Waals surface area contributed by atoms with Crippen LogP contribution in [0.1, 0.15) is 18.1 Å². The molecule has 0 bridgehead atoms. The quantitative estimate of drug-likeness (QED) is 0.856. The highest BCUT2D eigenvalue weighted by Gasteiger charge is 2.22. The van der Waals surface area contributed by atoms with Gasteiger partial charge in [0.25, 0.3) is 0 Å². The zero-order valence-corrected chi connectivity index (χ0v) is 12.2. The molecule has 0 aromatic heterocycles. The molecule has 6 heteroatoms. The van der Waals surface area contributed by atoms with Crippen molar-refractivity contribution in [1.82, 2.24) is 4.90 Å². The van der Waals surface area contributed by atoms with Crippen LogP contribution in [-0.4, -0.2) is 31.5 Å². The standard InChI is InChI=1S/C14H18N2O3S/c1-3-14(17)16-9-8-12-11(10-16)6-5-7-13(12)15-20(18,19)4-2/h3,5-7,15H,1,4,8-10H2,2H3. The first-order valence-corrected chi connectivity index (χ1v) is 8.14. The third-order valence-corrected chi connectivity index (χ3v) is 4.69. The molecule has 108 valence electrons. The molecule has 5 nitrogen and oxygen atoms in total. The number of rotatable bonds is 4. The Balaban J connectivity index is 2.29. The highest BCUT2D eigenvalue weighted by atomic mass is 32.2. The first-order valence-electron chi connectivity index (χ1n) is 6.49. The lowest BCUT2D eigenvalue weighted by atomic mass is 9.98. The molecule has 0 unspecified atom stereocenters. The second-order valence-corrected chi connectivity index (χ2v) is 6.67. The first-order chi connectivity index (χ1) is 9.46. The van der Waals surface area contributed by atoms with Gasteiger partial charge in [0, 0.05) is 13.1 Å². The summed E-state index contributed by atoms with van der Waals surface area (Å²) in [5.74, 6) is -0.0622. The topological polar surface area (TPSA) is 66.5 Å². The lowest BCUT2D eigenvalue weighted by molar-refractivity contribution is -0.126. The van der Waals surface area contributed by atoms with Gasteiger partial charge in [0.05, 0.1) is 11.4 Å². The molecule has 0 atom stereocenters. The van der Waals surface area contributed by atoms with Gasteiger partial charge in [0.1, 0.15) is 0 Å². The van der Waals surface area contributed by atoms with Gasteiger partial charge in [0.2, 0.25) is 15.9 Å². The van der Waals surface area contributed by atoms with E-state index in [1.54, 1.807) is 24.0 Å². The van der Waals surface area contributed by atoms with E-state index in [1.165, 1.54) is 6.08 Å². The number of fused-ring (bicyclic) bond motifs is 1. The second-order valence-electron chi connectivity index (χ2n) is 4.66. The van der Waals surface area contributed by atoms with Crippen molar-refractivity contribution < 1.29 is 13.2 Å². The lowest BCUT2D eigenvalue weighted by Gasteiger charge is -2.29. The van der Waals surface area contributed by atoms with E-state index in [2.05, 4.69) is 11.3 Å². The number of amides is 1. The van der Waals surface area contributed by atoms with E-state index in [9.17, 15) is 13.2 Å². The van der Waals surface area contributed by atoms with E-state index in [1.807, 2.05) is 6.07 Å². The summed E-state index contributed by atoms with van der Waals surface area (Å²) in [7, 11) is -3.29. The van der Waals surface area contributed by atoms with Gasteiger partial charge in [-0.15, -0.1) is 0 Å². The SMILES string of the molecule is C=CC(=O)N1CCc2c(cccc2NS(=O)(=O)CC)C1. The molecule has 0 saturated carbocycles. The summed E-state index contributed by atoms with van der Waals surface area (Å²) in [5, 5.41) is 0. The lowest BCUT2D eigenvalue weighted by Crippen LogP contribution is -2.35. The van der Waals surface area contributed by atoms with Crippen molar-refractivity contribution in [3.05, 3.63) is 42.0 Å². The first kappa shape index (κ1) is 14.6. The summed E-state index contributed by atoms with van der Waals surface area (Å²) in [5.41, 5.74) is 2.57. The molecule has 20 heavy (non-hydrogen) atoms. The normalized spacial score (nSPS) is 14.6. The van der Waals surface area contributed by atoms with Gasteiger partial charge in [-0.3, -0.25) is 9.52 Å². The Morgan fingerprint density at radius 1 is 1.50 bits per heavy atom. The monoisotopic (exact) mass is 294 g/mol. The van der Waals surface area contributed by atoms with E-state index in [0.29, 0.717) is 25.2 Å². The molecular weight excluding hydrogens is 276 g/mol. The van der Waals surface area contributed by atoms with E-state index in [4.69, 9.17) is 0 Å². The maximum atomic E-state index is 11.7. The van der Waals surface area contributed by atoms with Crippen molar-refractivity contribution in [3.8, 4) is 0 Å². The van der Waals surface area contributed by atoms with Gasteiger partial charge in [-0.05, 0) is 36.6 Å². The van der Waals surface area contributed by atoms with E-state index in [-0.39, 0.29) is 11.7 Å². The van der Waals surface area contributed by atoms with Crippen molar-refractivity contribution in [2.24, 2.45) is 0 Å². The van der Waals surface area contributed by atoms with Crippen LogP contribution in [0.5, 0.6) is 0 Å². The maximum absolute atomic E-state index is 11.7. The molecule has 0 saturated heterocycles. The highest BCUT2D eigenvalue weighted by Crippen LogP contribution is 2.27. The Labute approximate surface area is 119 Å². The molecule has 1 aromatic carbocycles. The fraction of sp³-hybridized carbons (Fsp3) is 0.357. The Kier molecular flexibility index (Phi) is 4.13. The number of nitrogens with zero attached hydrogens (tertiary/aromatic N) is 1. The predicted octanol–water partition coefficient (Wildman–Crippen LogP) is 1.52. The van der Waals surface area contributed by atoms with Crippen LogP contribution in [-0.2, 0) is 27.8 Å². The Bertz CT molecular complexity index is 638. The Morgan fingerprint density at radius 3 is 2.90 bits per heavy atom. The number of hydrogen-bond donors (Lipinski definition) is 1. The fourth-order valence-electron chi connectivity index (χ4n) is 2.26. The van der Waals surface area contributed by atoms with Gasteiger partial charge in [0.15, 0.2) is 0 Å². The maximum Gasteiger partial charge on any atom is 0.246 e. The summed E-state index contributed by atoms with van der Waals surface area (Å²) in [6, 6.07) is 5.48. The Hall–Kier alpha value is -1.82. The van der Waals surface area contributed by atoms with Crippen LogP contribution in [0.2, 0.25) is 0 Å². The van der Waals surface area contributed by atoms with Crippen molar-refractivity contribution in [3.63, 3.8) is 0 Å². The number of hydrogen-bond acceptors (Lipinski definition) is 3. The average Bonchev–Trinajstić information content (AvgIpc) is 2.46. The third kappa shape index (κ3) is 3.01. The molecule has 1 aromatic rings. The van der Waals surface area contributed by atoms with Crippen LogP contribution in [0, 0.1) is 0 Å². The molecule has 2 rings (SSSR count). The molecule has 0 radical (unpaired) electrons. The molecule has 0 aliphatic carbocycles. The Morgan fingerprint density at radius 2 is 2.25 bits per heavy atom. The van der Waals surface area contributed by atoms with Gasteiger partial charge in [-0.1, -0.05) is 18.7 Å². The number of nitrogens with one attached hydrogen (secondary N) is 1. The fourth-order valence-corrected chi connectivity index (χ4v) is 2.93. The van der Waals surface area contributed by atoms with E-state index in [0.717, 1.165) is 11.1 Å². The summed E-state index contributed by atoms with van der Waals surface area (Å²) < 4.78 is 26.0. The van der Waals surface area contributed by atoms with Gasteiger partial charge in [-0.25, -0.2) is 8.42 Å². The zero-order chi connectivity index (χ0) is 14.8. The average molecular weight is 294 g/mol. The number of carbonyl (C=O) groups excluding carboxylic acids is 1. The van der Waals surface area contributed by atoms with Crippen LogP contribution in [0.3, 0.4) is 0 Å². The molecular formula is C14H18N2O3S. The summed E-state index contributed by atoms with van der Waals surface area (Å²) >= 11 is 0. The van der Waals surface area contributed by atoms with E-state index >= 15 is 0 Å². The predicted molar refractivity (Wildman–Crippen MR) is 78.8 cm³/mol. The third-order valence-electron chi connectivity index (χ3n) is 3.40. The molecule has 1 heterocycles. The molecule has 0 fully saturated rings. The minimum atomic E-state index is -3.29. The van der Waals surface area contributed by atoms with Crippen molar-refractivity contribution in [2.45, 2.75) is 19.9 Å². The summed E-state index contributed by atoms with van der Waals surface area (Å²) in [6.07, 6.45) is 1.94. The van der Waals surface area contributed by atoms with Crippen molar-refractivity contribution in [1.29, 1.82) is 0 Å². The minimum absolute atomic E-state index is 0.0394. The molecule has 1 aliphatic rings. The van der Waals surface area contributed by atoms with Gasteiger partial charge >= 0.3 is 0 Å². The van der Waals surface area contributed by atoms with Crippen LogP contribution in [0.25, 0.3) is 0 Å². The van der Waals surface area contributed by atoms with E-state index < -0.39 is 10.0 Å². The van der Waals surface area contributed by atoms with Crippen molar-refractivity contribution in [2.75, 3.05) is 17.0 Å². The molecule has 1 amide bonds. The van der Waals surface area contributed by atoms with Crippen LogP contribution in [0.15, 0.2) is 30.9 Å². The van der Waals surface area contributed by atoms with Crippen LogP contribution < -0.4 is 4.72 Å². The molecule has 0 spiro atoms. The van der Waals surface area contributed by atoms with Gasteiger partial charge in [-0.2, -0.15) is 0 Å². The number of sulfonamides is 1. The van der Waals surface area contributed by atoms with Crippen LogP contribution >= 0.6 is 0 Å². The van der Waals surface area contributed by atoms with Crippen molar-refractivity contribution >= 4 is 21.6 Å². The number of benzene rings is 1. The summed E-state index contributed by atoms with van der Waals surface area (Å²) in [4.78, 5) is 13.3. The zero-order valence-electron chi connectivity index (χ0n) is 11.4. The minimum Gasteiger partial charge on any atom is -0.335 e. The largest absolute Gasteiger partial charge is 0.335 e. The second kappa shape index (κ2) is 5.66. The summed E-state index contributed by atoms with van der Waals surface area (Å²) in [6.45, 7) is 6.15.